The molecular formula is C27H28N2O3. The number of benzene rings is 3. The Balaban J connectivity index is 1.52. The molecule has 0 aliphatic carbocycles. The predicted octanol–water partition coefficient (Wildman–Crippen LogP) is 6.83. The second-order valence-corrected chi connectivity index (χ2v) is 8.86. The summed E-state index contributed by atoms with van der Waals surface area (Å²) in [6.07, 6.45) is 0.914. The van der Waals surface area contributed by atoms with Gasteiger partial charge in [-0.05, 0) is 65.9 Å². The normalized spacial score (nSPS) is 11.5. The van der Waals surface area contributed by atoms with Gasteiger partial charge in [-0.2, -0.15) is 0 Å². The molecule has 0 bridgehead atoms. The SMILES string of the molecule is CCCOc1cccc(C(=O)Nc2ccc3oc(-c4ccc(C(C)(C)C)cc4)nc3c2)c1. The largest absolute Gasteiger partial charge is 0.494 e. The zero-order valence-corrected chi connectivity index (χ0v) is 18.9. The molecule has 1 amide bonds. The van der Waals surface area contributed by atoms with Crippen molar-refractivity contribution in [2.75, 3.05) is 11.9 Å². The highest BCUT2D eigenvalue weighted by molar-refractivity contribution is 6.05. The van der Waals surface area contributed by atoms with E-state index in [1.165, 1.54) is 5.56 Å². The van der Waals surface area contributed by atoms with Crippen LogP contribution in [0.25, 0.3) is 22.6 Å². The fourth-order valence-corrected chi connectivity index (χ4v) is 3.39. The summed E-state index contributed by atoms with van der Waals surface area (Å²) in [6, 6.07) is 20.9. The quantitative estimate of drug-likeness (QED) is 0.365. The molecule has 164 valence electrons. The molecule has 0 spiro atoms. The number of aromatic nitrogens is 1. The van der Waals surface area contributed by atoms with E-state index in [4.69, 9.17) is 9.15 Å². The highest BCUT2D eigenvalue weighted by Crippen LogP contribution is 2.29. The lowest BCUT2D eigenvalue weighted by molar-refractivity contribution is 0.102. The van der Waals surface area contributed by atoms with Crippen molar-refractivity contribution in [1.29, 1.82) is 0 Å². The minimum Gasteiger partial charge on any atom is -0.494 e. The molecule has 1 heterocycles. The Morgan fingerprint density at radius 2 is 1.81 bits per heavy atom. The Morgan fingerprint density at radius 3 is 2.53 bits per heavy atom. The van der Waals surface area contributed by atoms with E-state index in [2.05, 4.69) is 43.2 Å². The number of nitrogens with zero attached hydrogens (tertiary/aromatic N) is 1. The number of nitrogens with one attached hydrogen (secondary N) is 1. The van der Waals surface area contributed by atoms with Crippen molar-refractivity contribution >= 4 is 22.7 Å². The monoisotopic (exact) mass is 428 g/mol. The molecule has 5 nitrogen and oxygen atoms in total. The van der Waals surface area contributed by atoms with Crippen LogP contribution in [-0.4, -0.2) is 17.5 Å². The fraction of sp³-hybridized carbons (Fsp3) is 0.259. The molecule has 4 aromatic rings. The van der Waals surface area contributed by atoms with Crippen molar-refractivity contribution in [3.05, 3.63) is 77.9 Å². The highest BCUT2D eigenvalue weighted by Gasteiger charge is 2.15. The predicted molar refractivity (Wildman–Crippen MR) is 128 cm³/mol. The zero-order valence-electron chi connectivity index (χ0n) is 18.9. The summed E-state index contributed by atoms with van der Waals surface area (Å²) in [5.41, 5.74) is 4.83. The van der Waals surface area contributed by atoms with Crippen LogP contribution in [0.2, 0.25) is 0 Å². The van der Waals surface area contributed by atoms with E-state index in [1.807, 2.05) is 49.4 Å². The number of rotatable bonds is 6. The van der Waals surface area contributed by atoms with Crippen LogP contribution in [0.4, 0.5) is 5.69 Å². The van der Waals surface area contributed by atoms with Gasteiger partial charge in [0.2, 0.25) is 5.89 Å². The molecule has 0 fully saturated rings. The first-order chi connectivity index (χ1) is 15.3. The van der Waals surface area contributed by atoms with Crippen LogP contribution >= 0.6 is 0 Å². The van der Waals surface area contributed by atoms with Crippen LogP contribution in [0.3, 0.4) is 0 Å². The first-order valence-corrected chi connectivity index (χ1v) is 10.9. The Bertz CT molecular complexity index is 1230. The van der Waals surface area contributed by atoms with E-state index in [0.717, 1.165) is 12.0 Å². The molecular weight excluding hydrogens is 400 g/mol. The van der Waals surface area contributed by atoms with Crippen LogP contribution in [-0.2, 0) is 5.41 Å². The number of amides is 1. The maximum atomic E-state index is 12.7. The van der Waals surface area contributed by atoms with Gasteiger partial charge in [0, 0.05) is 16.8 Å². The third kappa shape index (κ3) is 4.83. The lowest BCUT2D eigenvalue weighted by Gasteiger charge is -2.18. The van der Waals surface area contributed by atoms with Gasteiger partial charge in [-0.25, -0.2) is 4.98 Å². The zero-order chi connectivity index (χ0) is 22.7. The van der Waals surface area contributed by atoms with E-state index in [1.54, 1.807) is 12.1 Å². The number of carbonyl (C=O) groups is 1. The second kappa shape index (κ2) is 8.87. The smallest absolute Gasteiger partial charge is 0.255 e. The van der Waals surface area contributed by atoms with Gasteiger partial charge in [-0.15, -0.1) is 0 Å². The lowest BCUT2D eigenvalue weighted by Crippen LogP contribution is -2.12. The van der Waals surface area contributed by atoms with E-state index in [-0.39, 0.29) is 11.3 Å². The molecule has 0 unspecified atom stereocenters. The molecule has 1 N–H and O–H groups in total. The molecule has 3 aromatic carbocycles. The summed E-state index contributed by atoms with van der Waals surface area (Å²) in [4.78, 5) is 17.3. The number of oxazole rings is 1. The first kappa shape index (κ1) is 21.6. The molecule has 0 saturated carbocycles. The van der Waals surface area contributed by atoms with Gasteiger partial charge in [-0.1, -0.05) is 45.9 Å². The first-order valence-electron chi connectivity index (χ1n) is 10.9. The van der Waals surface area contributed by atoms with Crippen molar-refractivity contribution in [2.45, 2.75) is 39.5 Å². The molecule has 0 aliphatic heterocycles. The Labute approximate surface area is 188 Å². The van der Waals surface area contributed by atoms with Crippen molar-refractivity contribution < 1.29 is 13.9 Å². The maximum Gasteiger partial charge on any atom is 0.255 e. The summed E-state index contributed by atoms with van der Waals surface area (Å²) in [5, 5.41) is 2.93. The summed E-state index contributed by atoms with van der Waals surface area (Å²) >= 11 is 0. The molecule has 0 atom stereocenters. The van der Waals surface area contributed by atoms with E-state index < -0.39 is 0 Å². The number of carbonyl (C=O) groups excluding carboxylic acids is 1. The number of hydrogen-bond donors (Lipinski definition) is 1. The van der Waals surface area contributed by atoms with Gasteiger partial charge in [-0.3, -0.25) is 4.79 Å². The second-order valence-electron chi connectivity index (χ2n) is 8.86. The fourth-order valence-electron chi connectivity index (χ4n) is 3.39. The maximum absolute atomic E-state index is 12.7. The van der Waals surface area contributed by atoms with E-state index >= 15 is 0 Å². The summed E-state index contributed by atoms with van der Waals surface area (Å²) < 4.78 is 11.6. The third-order valence-corrected chi connectivity index (χ3v) is 5.21. The van der Waals surface area contributed by atoms with Crippen LogP contribution < -0.4 is 10.1 Å². The lowest BCUT2D eigenvalue weighted by atomic mass is 9.87. The molecule has 1 aromatic heterocycles. The number of fused-ring (bicyclic) bond motifs is 1. The average molecular weight is 429 g/mol. The van der Waals surface area contributed by atoms with Crippen LogP contribution in [0.15, 0.2) is 71.1 Å². The summed E-state index contributed by atoms with van der Waals surface area (Å²) in [7, 11) is 0. The molecule has 0 radical (unpaired) electrons. The Morgan fingerprint density at radius 1 is 1.03 bits per heavy atom. The van der Waals surface area contributed by atoms with Crippen molar-refractivity contribution in [3.8, 4) is 17.2 Å². The van der Waals surface area contributed by atoms with Crippen molar-refractivity contribution in [1.82, 2.24) is 4.98 Å². The van der Waals surface area contributed by atoms with Gasteiger partial charge >= 0.3 is 0 Å². The van der Waals surface area contributed by atoms with Gasteiger partial charge in [0.05, 0.1) is 6.61 Å². The molecule has 0 saturated heterocycles. The van der Waals surface area contributed by atoms with Gasteiger partial charge < -0.3 is 14.5 Å². The van der Waals surface area contributed by atoms with E-state index in [9.17, 15) is 4.79 Å². The topological polar surface area (TPSA) is 64.4 Å². The molecule has 32 heavy (non-hydrogen) atoms. The number of ether oxygens (including phenoxy) is 1. The highest BCUT2D eigenvalue weighted by atomic mass is 16.5. The number of anilines is 1. The average Bonchev–Trinajstić information content (AvgIpc) is 3.21. The molecule has 4 rings (SSSR count). The number of hydrogen-bond acceptors (Lipinski definition) is 4. The van der Waals surface area contributed by atoms with Gasteiger partial charge in [0.25, 0.3) is 5.91 Å². The van der Waals surface area contributed by atoms with Crippen LogP contribution in [0.1, 0.15) is 50.0 Å². The summed E-state index contributed by atoms with van der Waals surface area (Å²) in [5.74, 6) is 1.05. The third-order valence-electron chi connectivity index (χ3n) is 5.21. The van der Waals surface area contributed by atoms with E-state index in [0.29, 0.717) is 40.6 Å². The van der Waals surface area contributed by atoms with Gasteiger partial charge in [0.15, 0.2) is 5.58 Å². The van der Waals surface area contributed by atoms with Crippen LogP contribution in [0.5, 0.6) is 5.75 Å². The Kier molecular flexibility index (Phi) is 5.99. The summed E-state index contributed by atoms with van der Waals surface area (Å²) in [6.45, 7) is 9.22. The molecule has 5 heteroatoms. The standard InChI is InChI=1S/C27H28N2O3/c1-5-15-31-22-8-6-7-19(16-22)25(30)28-21-13-14-24-23(17-21)29-26(32-24)18-9-11-20(12-10-18)27(2,3)4/h6-14,16-17H,5,15H2,1-4H3,(H,28,30). The molecule has 0 aliphatic rings. The minimum absolute atomic E-state index is 0.0919. The van der Waals surface area contributed by atoms with Gasteiger partial charge in [0.1, 0.15) is 11.3 Å². The van der Waals surface area contributed by atoms with Crippen LogP contribution in [0, 0.1) is 0 Å². The minimum atomic E-state index is -0.201. The Hall–Kier alpha value is -3.60. The van der Waals surface area contributed by atoms with Crippen molar-refractivity contribution in [2.24, 2.45) is 0 Å². The van der Waals surface area contributed by atoms with Crippen molar-refractivity contribution in [3.63, 3.8) is 0 Å².